The Bertz CT molecular complexity index is 771. The molecule has 1 aromatic heterocycles. The number of piperazine rings is 1. The van der Waals surface area contributed by atoms with Crippen molar-refractivity contribution in [3.63, 3.8) is 0 Å². The van der Waals surface area contributed by atoms with E-state index in [1.807, 2.05) is 19.3 Å². The van der Waals surface area contributed by atoms with E-state index < -0.39 is 0 Å². The van der Waals surface area contributed by atoms with Gasteiger partial charge >= 0.3 is 0 Å². The largest absolute Gasteiger partial charge is 0.350 e. The number of benzene rings is 1. The van der Waals surface area contributed by atoms with Crippen LogP contribution in [0.5, 0.6) is 0 Å². The van der Waals surface area contributed by atoms with Crippen LogP contribution in [-0.4, -0.2) is 54.0 Å². The molecule has 0 spiro atoms. The number of nitrogens with one attached hydrogen (secondary N) is 1. The van der Waals surface area contributed by atoms with E-state index in [0.717, 1.165) is 49.3 Å². The van der Waals surface area contributed by atoms with Gasteiger partial charge < -0.3 is 10.2 Å². The molecule has 0 amide bonds. The summed E-state index contributed by atoms with van der Waals surface area (Å²) in [7, 11) is 1.81. The van der Waals surface area contributed by atoms with E-state index in [1.54, 1.807) is 23.5 Å². The highest BCUT2D eigenvalue weighted by atomic mass is 79.9. The second-order valence-electron chi connectivity index (χ2n) is 6.28. The minimum absolute atomic E-state index is 0.205. The molecule has 0 atom stereocenters. The maximum absolute atomic E-state index is 13.7. The number of hydrogen-bond acceptors (Lipinski definition) is 4. The van der Waals surface area contributed by atoms with Gasteiger partial charge in [-0.25, -0.2) is 9.37 Å². The summed E-state index contributed by atoms with van der Waals surface area (Å²) in [6.45, 7) is 7.17. The molecule has 1 aliphatic heterocycles. The van der Waals surface area contributed by atoms with Gasteiger partial charge in [0, 0.05) is 50.8 Å². The van der Waals surface area contributed by atoms with Gasteiger partial charge in [-0.2, -0.15) is 0 Å². The van der Waals surface area contributed by atoms with Gasteiger partial charge in [0.25, 0.3) is 0 Å². The van der Waals surface area contributed by atoms with Crippen LogP contribution in [0.4, 0.5) is 4.39 Å². The average Bonchev–Trinajstić information content (AvgIpc) is 3.05. The van der Waals surface area contributed by atoms with Gasteiger partial charge in [0.15, 0.2) is 5.96 Å². The Labute approximate surface area is 166 Å². The number of aryl methyl sites for hydroxylation is 1. The molecule has 0 bridgehead atoms. The van der Waals surface area contributed by atoms with Crippen LogP contribution in [0.25, 0.3) is 0 Å². The zero-order valence-corrected chi connectivity index (χ0v) is 17.4. The van der Waals surface area contributed by atoms with E-state index in [1.165, 1.54) is 4.88 Å². The van der Waals surface area contributed by atoms with Gasteiger partial charge in [-0.15, -0.1) is 11.3 Å². The lowest BCUT2D eigenvalue weighted by Gasteiger charge is -2.36. The predicted molar refractivity (Wildman–Crippen MR) is 108 cm³/mol. The van der Waals surface area contributed by atoms with Crippen molar-refractivity contribution in [2.75, 3.05) is 33.2 Å². The number of aliphatic imine (C=N–C) groups is 1. The second-order valence-corrected chi connectivity index (χ2v) is 8.45. The SMILES string of the molecule is CN=C(NCc1ncc(C)s1)N1CCN(Cc2ccc(Br)c(F)c2)CC1. The number of aromatic nitrogens is 1. The van der Waals surface area contributed by atoms with Gasteiger partial charge in [-0.05, 0) is 40.5 Å². The monoisotopic (exact) mass is 439 g/mol. The van der Waals surface area contributed by atoms with Gasteiger partial charge in [-0.3, -0.25) is 9.89 Å². The topological polar surface area (TPSA) is 43.8 Å². The Kier molecular flexibility index (Phi) is 6.61. The van der Waals surface area contributed by atoms with Crippen molar-refractivity contribution in [3.05, 3.63) is 50.1 Å². The molecule has 5 nitrogen and oxygen atoms in total. The molecule has 1 aromatic carbocycles. The van der Waals surface area contributed by atoms with Crippen molar-refractivity contribution < 1.29 is 4.39 Å². The van der Waals surface area contributed by atoms with Crippen molar-refractivity contribution >= 4 is 33.2 Å². The Morgan fingerprint density at radius 1 is 1.35 bits per heavy atom. The van der Waals surface area contributed by atoms with Crippen molar-refractivity contribution in [1.29, 1.82) is 0 Å². The molecule has 1 aliphatic rings. The van der Waals surface area contributed by atoms with E-state index in [2.05, 4.69) is 47.9 Å². The summed E-state index contributed by atoms with van der Waals surface area (Å²) in [4.78, 5) is 14.6. The summed E-state index contributed by atoms with van der Waals surface area (Å²) in [5.74, 6) is 0.704. The van der Waals surface area contributed by atoms with Crippen molar-refractivity contribution in [2.45, 2.75) is 20.0 Å². The number of rotatable bonds is 4. The number of halogens is 2. The van der Waals surface area contributed by atoms with Crippen LogP contribution in [0.3, 0.4) is 0 Å². The molecule has 0 unspecified atom stereocenters. The second kappa shape index (κ2) is 8.92. The highest BCUT2D eigenvalue weighted by Gasteiger charge is 2.20. The van der Waals surface area contributed by atoms with Crippen molar-refractivity contribution in [2.24, 2.45) is 4.99 Å². The normalized spacial score (nSPS) is 16.2. The molecule has 2 heterocycles. The molecule has 0 aliphatic carbocycles. The standard InChI is InChI=1S/C18H23BrFN5S/c1-13-10-22-17(26-13)11-23-18(21-2)25-7-5-24(6-8-25)12-14-3-4-15(19)16(20)9-14/h3-4,9-10H,5-8,11-12H2,1-2H3,(H,21,23). The first kappa shape index (κ1) is 19.3. The van der Waals surface area contributed by atoms with Crippen LogP contribution < -0.4 is 5.32 Å². The van der Waals surface area contributed by atoms with Crippen molar-refractivity contribution in [3.8, 4) is 0 Å². The number of guanidine groups is 1. The molecular formula is C18H23BrFN5S. The Balaban J connectivity index is 1.49. The molecule has 3 rings (SSSR count). The van der Waals surface area contributed by atoms with E-state index in [9.17, 15) is 4.39 Å². The Morgan fingerprint density at radius 3 is 2.73 bits per heavy atom. The smallest absolute Gasteiger partial charge is 0.194 e. The molecule has 8 heteroatoms. The van der Waals surface area contributed by atoms with Crippen LogP contribution in [0.1, 0.15) is 15.4 Å². The Hall–Kier alpha value is -1.51. The summed E-state index contributed by atoms with van der Waals surface area (Å²) in [5.41, 5.74) is 1.00. The van der Waals surface area contributed by atoms with Crippen LogP contribution in [0, 0.1) is 12.7 Å². The lowest BCUT2D eigenvalue weighted by molar-refractivity contribution is 0.172. The quantitative estimate of drug-likeness (QED) is 0.586. The zero-order chi connectivity index (χ0) is 18.5. The van der Waals surface area contributed by atoms with Gasteiger partial charge in [-0.1, -0.05) is 6.07 Å². The first-order chi connectivity index (χ1) is 12.5. The number of hydrogen-bond donors (Lipinski definition) is 1. The number of nitrogens with zero attached hydrogens (tertiary/aromatic N) is 4. The van der Waals surface area contributed by atoms with E-state index >= 15 is 0 Å². The summed E-state index contributed by atoms with van der Waals surface area (Å²) in [5, 5.41) is 4.47. The van der Waals surface area contributed by atoms with E-state index in [0.29, 0.717) is 11.0 Å². The minimum atomic E-state index is -0.205. The molecule has 2 aromatic rings. The summed E-state index contributed by atoms with van der Waals surface area (Å²) in [6.07, 6.45) is 1.90. The molecule has 1 saturated heterocycles. The third-order valence-corrected chi connectivity index (χ3v) is 5.90. The van der Waals surface area contributed by atoms with Crippen LogP contribution >= 0.6 is 27.3 Å². The molecule has 1 fully saturated rings. The predicted octanol–water partition coefficient (Wildman–Crippen LogP) is 3.25. The van der Waals surface area contributed by atoms with E-state index in [4.69, 9.17) is 0 Å². The summed E-state index contributed by atoms with van der Waals surface area (Å²) >= 11 is 4.90. The zero-order valence-electron chi connectivity index (χ0n) is 15.0. The molecule has 0 saturated carbocycles. The molecule has 1 N–H and O–H groups in total. The molecular weight excluding hydrogens is 417 g/mol. The third-order valence-electron chi connectivity index (χ3n) is 4.34. The summed E-state index contributed by atoms with van der Waals surface area (Å²) < 4.78 is 14.2. The van der Waals surface area contributed by atoms with Crippen LogP contribution in [0.2, 0.25) is 0 Å². The molecule has 26 heavy (non-hydrogen) atoms. The first-order valence-corrected chi connectivity index (χ1v) is 10.2. The molecule has 140 valence electrons. The van der Waals surface area contributed by atoms with E-state index in [-0.39, 0.29) is 5.82 Å². The third kappa shape index (κ3) is 5.02. The van der Waals surface area contributed by atoms with Gasteiger partial charge in [0.2, 0.25) is 0 Å². The van der Waals surface area contributed by atoms with Crippen LogP contribution in [-0.2, 0) is 13.1 Å². The van der Waals surface area contributed by atoms with Gasteiger partial charge in [0.05, 0.1) is 11.0 Å². The van der Waals surface area contributed by atoms with Crippen LogP contribution in [0.15, 0.2) is 33.9 Å². The van der Waals surface area contributed by atoms with Gasteiger partial charge in [0.1, 0.15) is 10.8 Å². The average molecular weight is 440 g/mol. The maximum atomic E-state index is 13.7. The summed E-state index contributed by atoms with van der Waals surface area (Å²) in [6, 6.07) is 5.34. The fourth-order valence-corrected chi connectivity index (χ4v) is 3.96. The highest BCUT2D eigenvalue weighted by molar-refractivity contribution is 9.10. The fourth-order valence-electron chi connectivity index (χ4n) is 2.98. The number of thiazole rings is 1. The van der Waals surface area contributed by atoms with Crippen molar-refractivity contribution in [1.82, 2.24) is 20.1 Å². The first-order valence-electron chi connectivity index (χ1n) is 8.58. The maximum Gasteiger partial charge on any atom is 0.194 e. The lowest BCUT2D eigenvalue weighted by atomic mass is 10.2. The fraction of sp³-hybridized carbons (Fsp3) is 0.444. The lowest BCUT2D eigenvalue weighted by Crippen LogP contribution is -2.52. The highest BCUT2D eigenvalue weighted by Crippen LogP contribution is 2.18. The minimum Gasteiger partial charge on any atom is -0.350 e. The Morgan fingerprint density at radius 2 is 2.12 bits per heavy atom. The molecule has 0 radical (unpaired) electrons.